The lowest BCUT2D eigenvalue weighted by molar-refractivity contribution is -0.143. The first-order chi connectivity index (χ1) is 15.0. The molecule has 0 saturated carbocycles. The molecular formula is C17H30N4O11. The smallest absolute Gasteiger partial charge is 0.317 e. The van der Waals surface area contributed by atoms with Crippen molar-refractivity contribution in [1.29, 1.82) is 0 Å². The highest BCUT2D eigenvalue weighted by Gasteiger charge is 2.20. The van der Waals surface area contributed by atoms with E-state index >= 15 is 0 Å². The summed E-state index contributed by atoms with van der Waals surface area (Å²) in [5.74, 6) is -5.60. The molecule has 0 aromatic rings. The summed E-state index contributed by atoms with van der Waals surface area (Å²) >= 11 is 0. The van der Waals surface area contributed by atoms with E-state index in [-0.39, 0.29) is 26.2 Å². The number of hydrogen-bond acceptors (Lipinski definition) is 10. The number of amides is 1. The van der Waals surface area contributed by atoms with E-state index in [1.807, 2.05) is 0 Å². The molecule has 7 N–H and O–H groups in total. The summed E-state index contributed by atoms with van der Waals surface area (Å²) in [6.45, 7) is -3.71. The Bertz CT molecular complexity index is 626. The summed E-state index contributed by atoms with van der Waals surface area (Å²) in [4.78, 5) is 59.7. The fraction of sp³-hybridized carbons (Fsp3) is 0.706. The third-order valence-electron chi connectivity index (χ3n) is 4.07. The van der Waals surface area contributed by atoms with Crippen molar-refractivity contribution in [3.8, 4) is 0 Å². The van der Waals surface area contributed by atoms with Gasteiger partial charge >= 0.3 is 23.9 Å². The molecule has 0 rings (SSSR count). The van der Waals surface area contributed by atoms with Crippen molar-refractivity contribution < 1.29 is 54.6 Å². The van der Waals surface area contributed by atoms with Gasteiger partial charge in [-0.2, -0.15) is 0 Å². The normalized spacial score (nSPS) is 11.3. The lowest BCUT2D eigenvalue weighted by atomic mass is 10.3. The highest BCUT2D eigenvalue weighted by Crippen LogP contribution is 1.97. The first-order valence-electron chi connectivity index (χ1n) is 9.52. The summed E-state index contributed by atoms with van der Waals surface area (Å²) in [7, 11) is 0. The molecule has 0 fully saturated rings. The predicted octanol–water partition coefficient (Wildman–Crippen LogP) is -4.30. The van der Waals surface area contributed by atoms with E-state index in [0.29, 0.717) is 0 Å². The van der Waals surface area contributed by atoms with Crippen molar-refractivity contribution in [2.45, 2.75) is 6.04 Å². The zero-order valence-electron chi connectivity index (χ0n) is 17.4. The molecule has 15 heteroatoms. The Balaban J connectivity index is 5.04. The molecule has 0 aliphatic heterocycles. The summed E-state index contributed by atoms with van der Waals surface area (Å²) in [5.41, 5.74) is 0. The number of nitrogens with one attached hydrogen (secondary N) is 1. The standard InChI is InChI=1S/C17H30N4O11/c22-10-12(11-23)18-13(24)5-20(7-15(27)28)3-1-19(6-14(25)26)2-4-21(8-16(29)30)9-17(31)32/h12,22-23H,1-11H2,(H,18,24)(H,25,26)(H,27,28)(H,29,30)(H,31,32). The van der Waals surface area contributed by atoms with Crippen LogP contribution in [0.4, 0.5) is 0 Å². The summed E-state index contributed by atoms with van der Waals surface area (Å²) in [6.07, 6.45) is 0. The molecule has 15 nitrogen and oxygen atoms in total. The van der Waals surface area contributed by atoms with Gasteiger partial charge in [-0.05, 0) is 0 Å². The maximum Gasteiger partial charge on any atom is 0.317 e. The highest BCUT2D eigenvalue weighted by molar-refractivity contribution is 5.79. The Labute approximate surface area is 183 Å². The largest absolute Gasteiger partial charge is 0.480 e. The van der Waals surface area contributed by atoms with Gasteiger partial charge in [0.1, 0.15) is 0 Å². The lowest BCUT2D eigenvalue weighted by Crippen LogP contribution is -2.48. The Morgan fingerprint density at radius 2 is 0.875 bits per heavy atom. The molecule has 32 heavy (non-hydrogen) atoms. The number of hydrogen-bond donors (Lipinski definition) is 7. The quantitative estimate of drug-likeness (QED) is 0.0955. The third kappa shape index (κ3) is 15.0. The fourth-order valence-electron chi connectivity index (χ4n) is 2.65. The molecule has 184 valence electrons. The molecule has 0 unspecified atom stereocenters. The van der Waals surface area contributed by atoms with Gasteiger partial charge in [-0.15, -0.1) is 0 Å². The van der Waals surface area contributed by atoms with Gasteiger partial charge in [-0.25, -0.2) is 0 Å². The van der Waals surface area contributed by atoms with E-state index in [2.05, 4.69) is 5.32 Å². The molecule has 0 aromatic heterocycles. The maximum atomic E-state index is 12.0. The number of aliphatic hydroxyl groups is 2. The first kappa shape index (κ1) is 29.1. The van der Waals surface area contributed by atoms with E-state index in [1.165, 1.54) is 9.80 Å². The molecule has 0 heterocycles. The minimum atomic E-state index is -1.25. The average Bonchev–Trinajstić information content (AvgIpc) is 2.66. The molecule has 0 aliphatic rings. The first-order valence-corrected chi connectivity index (χ1v) is 9.52. The number of carboxylic acids is 4. The average molecular weight is 466 g/mol. The summed E-state index contributed by atoms with van der Waals surface area (Å²) < 4.78 is 0. The van der Waals surface area contributed by atoms with Gasteiger partial charge in [-0.3, -0.25) is 38.7 Å². The minimum Gasteiger partial charge on any atom is -0.480 e. The predicted molar refractivity (Wildman–Crippen MR) is 106 cm³/mol. The molecule has 0 spiro atoms. The number of nitrogens with zero attached hydrogens (tertiary/aromatic N) is 3. The van der Waals surface area contributed by atoms with Gasteiger partial charge in [0.05, 0.1) is 52.0 Å². The van der Waals surface area contributed by atoms with Crippen LogP contribution < -0.4 is 5.32 Å². The van der Waals surface area contributed by atoms with Crippen molar-refractivity contribution >= 4 is 29.8 Å². The van der Waals surface area contributed by atoms with Crippen LogP contribution >= 0.6 is 0 Å². The van der Waals surface area contributed by atoms with Crippen LogP contribution in [0.25, 0.3) is 0 Å². The van der Waals surface area contributed by atoms with Crippen LogP contribution in [0.3, 0.4) is 0 Å². The van der Waals surface area contributed by atoms with E-state index in [4.69, 9.17) is 30.6 Å². The van der Waals surface area contributed by atoms with E-state index < -0.39 is 81.8 Å². The number of carbonyl (C=O) groups excluding carboxylic acids is 1. The molecule has 0 aromatic carbocycles. The number of rotatable bonds is 19. The van der Waals surface area contributed by atoms with Crippen LogP contribution in [-0.4, -0.2) is 153 Å². The van der Waals surface area contributed by atoms with E-state index in [0.717, 1.165) is 4.90 Å². The third-order valence-corrected chi connectivity index (χ3v) is 4.07. The Kier molecular flexibility index (Phi) is 14.5. The van der Waals surface area contributed by atoms with Crippen molar-refractivity contribution in [1.82, 2.24) is 20.0 Å². The topological polar surface area (TPSA) is 228 Å². The van der Waals surface area contributed by atoms with Gasteiger partial charge < -0.3 is 36.0 Å². The lowest BCUT2D eigenvalue weighted by Gasteiger charge is -2.27. The van der Waals surface area contributed by atoms with Crippen molar-refractivity contribution in [3.05, 3.63) is 0 Å². The summed E-state index contributed by atoms with van der Waals surface area (Å²) in [6, 6.07) is -0.910. The van der Waals surface area contributed by atoms with Crippen molar-refractivity contribution in [2.75, 3.05) is 72.1 Å². The molecule has 0 atom stereocenters. The van der Waals surface area contributed by atoms with Crippen LogP contribution in [0.2, 0.25) is 0 Å². The SMILES string of the molecule is O=C(O)CN(CCN(CC(=O)O)CC(=O)O)CCN(CC(=O)O)CC(=O)NC(CO)CO. The van der Waals surface area contributed by atoms with Gasteiger partial charge in [0.15, 0.2) is 0 Å². The van der Waals surface area contributed by atoms with Crippen molar-refractivity contribution in [3.63, 3.8) is 0 Å². The molecule has 0 bridgehead atoms. The molecule has 0 saturated heterocycles. The van der Waals surface area contributed by atoms with Crippen LogP contribution in [0.15, 0.2) is 0 Å². The summed E-state index contributed by atoms with van der Waals surface area (Å²) in [5, 5.41) is 56.2. The maximum absolute atomic E-state index is 12.0. The van der Waals surface area contributed by atoms with E-state index in [9.17, 15) is 24.0 Å². The zero-order chi connectivity index (χ0) is 24.7. The minimum absolute atomic E-state index is 0.00965. The Hall–Kier alpha value is -2.85. The van der Waals surface area contributed by atoms with Gasteiger partial charge in [0.25, 0.3) is 0 Å². The second-order valence-electron chi connectivity index (χ2n) is 6.90. The zero-order valence-corrected chi connectivity index (χ0v) is 17.4. The Morgan fingerprint density at radius 3 is 1.22 bits per heavy atom. The molecular weight excluding hydrogens is 436 g/mol. The van der Waals surface area contributed by atoms with Gasteiger partial charge in [0, 0.05) is 26.2 Å². The fourth-order valence-corrected chi connectivity index (χ4v) is 2.65. The number of aliphatic hydroxyl groups excluding tert-OH is 2. The molecule has 1 amide bonds. The highest BCUT2D eigenvalue weighted by atomic mass is 16.4. The second-order valence-corrected chi connectivity index (χ2v) is 6.90. The van der Waals surface area contributed by atoms with Crippen LogP contribution in [0.1, 0.15) is 0 Å². The monoisotopic (exact) mass is 466 g/mol. The van der Waals surface area contributed by atoms with Crippen molar-refractivity contribution in [2.24, 2.45) is 0 Å². The van der Waals surface area contributed by atoms with Gasteiger partial charge in [-0.1, -0.05) is 0 Å². The van der Waals surface area contributed by atoms with E-state index in [1.54, 1.807) is 0 Å². The van der Waals surface area contributed by atoms with Crippen LogP contribution in [0, 0.1) is 0 Å². The van der Waals surface area contributed by atoms with Crippen LogP contribution in [-0.2, 0) is 24.0 Å². The number of carboxylic acid groups (broad SMARTS) is 4. The Morgan fingerprint density at radius 1 is 0.562 bits per heavy atom. The van der Waals surface area contributed by atoms with Gasteiger partial charge in [0.2, 0.25) is 5.91 Å². The number of aliphatic carboxylic acids is 4. The second kappa shape index (κ2) is 15.9. The molecule has 0 aliphatic carbocycles. The number of carbonyl (C=O) groups is 5. The molecule has 0 radical (unpaired) electrons. The van der Waals surface area contributed by atoms with Crippen LogP contribution in [0.5, 0.6) is 0 Å².